The largest absolute Gasteiger partial charge is 0.479 e. The van der Waals surface area contributed by atoms with Gasteiger partial charge in [-0.1, -0.05) is 23.2 Å². The number of hydrogen-bond acceptors (Lipinski definition) is 7. The zero-order valence-electron chi connectivity index (χ0n) is 12.3. The molecule has 9 nitrogen and oxygen atoms in total. The number of carboxylic acids is 2. The number of nitrogens with zero attached hydrogens (tertiary/aromatic N) is 2. The fraction of sp³-hybridized carbons (Fsp3) is 0.143. The molecular formula is C14H11Cl2N3O6. The Bertz CT molecular complexity index is 762. The van der Waals surface area contributed by atoms with E-state index in [2.05, 4.69) is 5.43 Å². The highest BCUT2D eigenvalue weighted by atomic mass is 35.5. The van der Waals surface area contributed by atoms with Crippen molar-refractivity contribution in [2.24, 2.45) is 0 Å². The smallest absolute Gasteiger partial charge is 0.339 e. The molecule has 1 aromatic rings. The number of allylic oxidation sites excluding steroid dienone is 1. The van der Waals surface area contributed by atoms with E-state index in [1.165, 1.54) is 12.3 Å². The second kappa shape index (κ2) is 6.81. The van der Waals surface area contributed by atoms with Crippen LogP contribution in [0.3, 0.4) is 0 Å². The van der Waals surface area contributed by atoms with Crippen molar-refractivity contribution in [1.82, 2.24) is 10.7 Å². The summed E-state index contributed by atoms with van der Waals surface area (Å²) in [7, 11) is 0. The van der Waals surface area contributed by atoms with Crippen LogP contribution in [-0.2, 0) is 19.3 Å². The molecule has 11 heteroatoms. The summed E-state index contributed by atoms with van der Waals surface area (Å²) in [6, 6.07) is 5.01. The second-order valence-electron chi connectivity index (χ2n) is 4.97. The highest BCUT2D eigenvalue weighted by Crippen LogP contribution is 2.29. The number of aliphatic carboxylic acids is 2. The monoisotopic (exact) mass is 387 g/mol. The van der Waals surface area contributed by atoms with Gasteiger partial charge in [0.15, 0.2) is 0 Å². The molecule has 3 N–H and O–H groups in total. The second-order valence-corrected chi connectivity index (χ2v) is 5.78. The lowest BCUT2D eigenvalue weighted by atomic mass is 10.2. The number of hydrogen-bond donors (Lipinski definition) is 3. The van der Waals surface area contributed by atoms with Crippen LogP contribution in [0.1, 0.15) is 0 Å². The van der Waals surface area contributed by atoms with Gasteiger partial charge in [-0.05, 0) is 24.3 Å². The number of carbonyl (C=O) groups is 2. The van der Waals surface area contributed by atoms with E-state index in [4.69, 9.17) is 43.1 Å². The minimum atomic E-state index is -1.65. The number of carboxylic acid groups (broad SMARTS) is 2. The molecule has 2 unspecified atom stereocenters. The summed E-state index contributed by atoms with van der Waals surface area (Å²) in [5, 5.41) is 21.2. The van der Waals surface area contributed by atoms with Crippen LogP contribution in [0, 0.1) is 0 Å². The van der Waals surface area contributed by atoms with Crippen LogP contribution >= 0.6 is 23.2 Å². The lowest BCUT2D eigenvalue weighted by Crippen LogP contribution is -2.36. The molecule has 1 saturated heterocycles. The van der Waals surface area contributed by atoms with E-state index in [1.807, 2.05) is 0 Å². The van der Waals surface area contributed by atoms with Crippen molar-refractivity contribution in [3.8, 4) is 0 Å². The van der Waals surface area contributed by atoms with E-state index in [1.54, 1.807) is 29.4 Å². The topological polar surface area (TPSA) is 112 Å². The molecule has 2 aliphatic heterocycles. The van der Waals surface area contributed by atoms with Crippen LogP contribution < -0.4 is 10.4 Å². The van der Waals surface area contributed by atoms with E-state index < -0.39 is 24.1 Å². The Kier molecular flexibility index (Phi) is 4.73. The first-order valence-electron chi connectivity index (χ1n) is 6.85. The van der Waals surface area contributed by atoms with Crippen molar-refractivity contribution < 1.29 is 29.5 Å². The van der Waals surface area contributed by atoms with Gasteiger partial charge >= 0.3 is 11.9 Å². The van der Waals surface area contributed by atoms with Gasteiger partial charge in [0, 0.05) is 12.4 Å². The molecule has 3 rings (SSSR count). The van der Waals surface area contributed by atoms with Crippen LogP contribution in [0.4, 0.5) is 5.69 Å². The molecule has 2 heterocycles. The molecule has 0 radical (unpaired) electrons. The molecule has 0 amide bonds. The van der Waals surface area contributed by atoms with Crippen LogP contribution in [0.25, 0.3) is 0 Å². The number of halogens is 2. The summed E-state index contributed by atoms with van der Waals surface area (Å²) in [6.07, 6.45) is 1.25. The van der Waals surface area contributed by atoms with Crippen molar-refractivity contribution in [1.29, 1.82) is 0 Å². The van der Waals surface area contributed by atoms with E-state index in [-0.39, 0.29) is 5.70 Å². The maximum atomic E-state index is 11.1. The van der Waals surface area contributed by atoms with Gasteiger partial charge in [-0.2, -0.15) is 0 Å². The minimum absolute atomic E-state index is 0.270. The van der Waals surface area contributed by atoms with Crippen molar-refractivity contribution >= 4 is 40.8 Å². The molecule has 2 atom stereocenters. The Morgan fingerprint density at radius 2 is 1.72 bits per heavy atom. The van der Waals surface area contributed by atoms with E-state index in [9.17, 15) is 9.59 Å². The third kappa shape index (κ3) is 3.49. The van der Waals surface area contributed by atoms with Gasteiger partial charge in [0.05, 0.1) is 15.7 Å². The average Bonchev–Trinajstić information content (AvgIpc) is 3.03. The summed E-state index contributed by atoms with van der Waals surface area (Å²) < 4.78 is 0. The lowest BCUT2D eigenvalue weighted by molar-refractivity contribution is -0.284. The molecule has 2 aliphatic rings. The SMILES string of the molecule is O=C(O)C1ON(C2=CNN(c3ccc(Cl)c(Cl)c3)C=C2)OC1C(=O)O. The van der Waals surface area contributed by atoms with Gasteiger partial charge in [-0.3, -0.25) is 10.4 Å². The summed E-state index contributed by atoms with van der Waals surface area (Å²) in [4.78, 5) is 32.2. The van der Waals surface area contributed by atoms with E-state index in [0.29, 0.717) is 15.7 Å². The Hall–Kier alpha value is -2.46. The van der Waals surface area contributed by atoms with Crippen molar-refractivity contribution in [3.63, 3.8) is 0 Å². The molecule has 0 saturated carbocycles. The first-order chi connectivity index (χ1) is 11.9. The average molecular weight is 388 g/mol. The highest BCUT2D eigenvalue weighted by molar-refractivity contribution is 6.42. The number of rotatable bonds is 4. The zero-order valence-corrected chi connectivity index (χ0v) is 13.8. The van der Waals surface area contributed by atoms with Crippen molar-refractivity contribution in [2.45, 2.75) is 12.2 Å². The third-order valence-corrected chi connectivity index (χ3v) is 4.06. The fourth-order valence-corrected chi connectivity index (χ4v) is 2.39. The number of anilines is 1. The van der Waals surface area contributed by atoms with E-state index >= 15 is 0 Å². The Morgan fingerprint density at radius 3 is 2.20 bits per heavy atom. The third-order valence-electron chi connectivity index (χ3n) is 3.32. The van der Waals surface area contributed by atoms with Gasteiger partial charge in [-0.15, -0.1) is 5.23 Å². The quantitative estimate of drug-likeness (QED) is 0.710. The maximum Gasteiger partial charge on any atom is 0.339 e. The molecule has 1 aromatic carbocycles. The molecule has 0 spiro atoms. The molecule has 0 aliphatic carbocycles. The number of hydrazine groups is 1. The Morgan fingerprint density at radius 1 is 1.08 bits per heavy atom. The molecule has 25 heavy (non-hydrogen) atoms. The fourth-order valence-electron chi connectivity index (χ4n) is 2.10. The standard InChI is InChI=1S/C14H11Cl2N3O6/c15-9-2-1-7(5-10(9)16)18-4-3-8(6-17-18)19-24-11(13(20)21)12(25-19)14(22)23/h1-6,11-12,17H,(H,20,21)(H,22,23). The predicted molar refractivity (Wildman–Crippen MR) is 86.2 cm³/mol. The van der Waals surface area contributed by atoms with Crippen LogP contribution in [0.15, 0.2) is 42.4 Å². The first-order valence-corrected chi connectivity index (χ1v) is 7.60. The first kappa shape index (κ1) is 17.4. The number of benzene rings is 1. The molecule has 1 fully saturated rings. The lowest BCUT2D eigenvalue weighted by Gasteiger charge is -2.26. The van der Waals surface area contributed by atoms with Gasteiger partial charge in [0.2, 0.25) is 12.2 Å². The number of hydroxylamine groups is 2. The normalized spacial score (nSPS) is 22.6. The van der Waals surface area contributed by atoms with Crippen LogP contribution in [0.5, 0.6) is 0 Å². The van der Waals surface area contributed by atoms with Gasteiger partial charge in [-0.25, -0.2) is 19.3 Å². The van der Waals surface area contributed by atoms with Crippen LogP contribution in [0.2, 0.25) is 10.0 Å². The number of nitrogens with one attached hydrogen (secondary N) is 1. The van der Waals surface area contributed by atoms with Crippen LogP contribution in [-0.4, -0.2) is 39.6 Å². The summed E-state index contributed by atoms with van der Waals surface area (Å²) in [5.41, 5.74) is 3.84. The molecular weight excluding hydrogens is 377 g/mol. The highest BCUT2D eigenvalue weighted by Gasteiger charge is 2.46. The van der Waals surface area contributed by atoms with Crippen molar-refractivity contribution in [2.75, 3.05) is 5.01 Å². The van der Waals surface area contributed by atoms with Gasteiger partial charge in [0.25, 0.3) is 0 Å². The maximum absolute atomic E-state index is 11.1. The molecule has 0 bridgehead atoms. The minimum Gasteiger partial charge on any atom is -0.479 e. The van der Waals surface area contributed by atoms with Crippen molar-refractivity contribution in [3.05, 3.63) is 52.4 Å². The predicted octanol–water partition coefficient (Wildman–Crippen LogP) is 1.76. The van der Waals surface area contributed by atoms with E-state index in [0.717, 1.165) is 5.23 Å². The Balaban J connectivity index is 1.71. The summed E-state index contributed by atoms with van der Waals surface area (Å²) in [6.45, 7) is 0. The van der Waals surface area contributed by atoms with Gasteiger partial charge < -0.3 is 10.2 Å². The summed E-state index contributed by atoms with van der Waals surface area (Å²) in [5.74, 6) is -2.89. The molecule has 132 valence electrons. The Labute approximate surface area is 151 Å². The van der Waals surface area contributed by atoms with Gasteiger partial charge in [0.1, 0.15) is 5.70 Å². The molecule has 0 aromatic heterocycles. The summed E-state index contributed by atoms with van der Waals surface area (Å²) >= 11 is 11.8. The zero-order chi connectivity index (χ0) is 18.1.